The van der Waals surface area contributed by atoms with Crippen LogP contribution in [0.1, 0.15) is 5.56 Å². The monoisotopic (exact) mass is 406 g/mol. The molecular formula is C18H12Cl2N2O5. The molecule has 7 nitrogen and oxygen atoms in total. The van der Waals surface area contributed by atoms with E-state index in [9.17, 15) is 19.5 Å². The standard InChI is InChI=1S/C18H12Cl2N2O5/c1-27-14-8-9(7-12(20)15(14)23)6-10-16(24)21-18(26)22(17(10)25)13-5-3-2-4-11(13)19/h2-8,23H,1H3,(H,21,24,26)/b10-6-. The summed E-state index contributed by atoms with van der Waals surface area (Å²) in [5, 5.41) is 12.0. The molecule has 0 bridgehead atoms. The first-order chi connectivity index (χ1) is 12.8. The number of aromatic hydroxyl groups is 1. The number of ether oxygens (including phenoxy) is 1. The van der Waals surface area contributed by atoms with Gasteiger partial charge in [-0.2, -0.15) is 0 Å². The number of halogens is 2. The second-order valence-electron chi connectivity index (χ2n) is 5.46. The van der Waals surface area contributed by atoms with E-state index in [1.165, 1.54) is 37.5 Å². The van der Waals surface area contributed by atoms with E-state index >= 15 is 0 Å². The summed E-state index contributed by atoms with van der Waals surface area (Å²) >= 11 is 12.0. The number of phenolic OH excluding ortho intramolecular Hbond substituents is 1. The Morgan fingerprint density at radius 1 is 1.11 bits per heavy atom. The normalized spacial score (nSPS) is 15.9. The molecule has 3 rings (SSSR count). The Bertz CT molecular complexity index is 1000. The van der Waals surface area contributed by atoms with Crippen molar-refractivity contribution in [3.63, 3.8) is 0 Å². The molecule has 0 atom stereocenters. The highest BCUT2D eigenvalue weighted by atomic mass is 35.5. The van der Waals surface area contributed by atoms with Crippen LogP contribution in [0.5, 0.6) is 11.5 Å². The Balaban J connectivity index is 2.08. The topological polar surface area (TPSA) is 95.9 Å². The molecule has 1 aliphatic rings. The van der Waals surface area contributed by atoms with E-state index < -0.39 is 17.8 Å². The number of amides is 4. The van der Waals surface area contributed by atoms with Crippen molar-refractivity contribution in [1.82, 2.24) is 5.32 Å². The maximum atomic E-state index is 12.8. The molecule has 0 radical (unpaired) electrons. The zero-order chi connectivity index (χ0) is 19.7. The zero-order valence-corrected chi connectivity index (χ0v) is 15.3. The number of benzene rings is 2. The highest BCUT2D eigenvalue weighted by molar-refractivity contribution is 6.42. The summed E-state index contributed by atoms with van der Waals surface area (Å²) in [6, 6.07) is 8.08. The summed E-state index contributed by atoms with van der Waals surface area (Å²) in [7, 11) is 1.33. The molecule has 9 heteroatoms. The van der Waals surface area contributed by atoms with Gasteiger partial charge in [0.15, 0.2) is 11.5 Å². The maximum Gasteiger partial charge on any atom is 0.335 e. The summed E-state index contributed by atoms with van der Waals surface area (Å²) in [6.07, 6.45) is 1.24. The van der Waals surface area contributed by atoms with Gasteiger partial charge in [0.05, 0.1) is 22.8 Å². The number of barbiturate groups is 1. The van der Waals surface area contributed by atoms with Crippen LogP contribution in [-0.2, 0) is 9.59 Å². The van der Waals surface area contributed by atoms with Crippen molar-refractivity contribution < 1.29 is 24.2 Å². The fourth-order valence-electron chi connectivity index (χ4n) is 2.51. The molecule has 1 aliphatic heterocycles. The van der Waals surface area contributed by atoms with Gasteiger partial charge in [-0.25, -0.2) is 9.69 Å². The smallest absolute Gasteiger partial charge is 0.335 e. The lowest BCUT2D eigenvalue weighted by molar-refractivity contribution is -0.122. The number of urea groups is 1. The predicted molar refractivity (Wildman–Crippen MR) is 100 cm³/mol. The predicted octanol–water partition coefficient (Wildman–Crippen LogP) is 3.37. The minimum Gasteiger partial charge on any atom is -0.503 e. The van der Waals surface area contributed by atoms with Gasteiger partial charge in [0, 0.05) is 0 Å². The molecule has 0 unspecified atom stereocenters. The van der Waals surface area contributed by atoms with Crippen LogP contribution in [0.4, 0.5) is 10.5 Å². The number of nitrogens with zero attached hydrogens (tertiary/aromatic N) is 1. The largest absolute Gasteiger partial charge is 0.503 e. The lowest BCUT2D eigenvalue weighted by Gasteiger charge is -2.27. The van der Waals surface area contributed by atoms with Crippen molar-refractivity contribution in [2.24, 2.45) is 0 Å². The van der Waals surface area contributed by atoms with E-state index in [4.69, 9.17) is 27.9 Å². The SMILES string of the molecule is COc1cc(/C=C2/C(=O)NC(=O)N(c3ccccc3Cl)C2=O)cc(Cl)c1O. The third-order valence-corrected chi connectivity index (χ3v) is 4.38. The summed E-state index contributed by atoms with van der Waals surface area (Å²) in [5.74, 6) is -1.91. The molecule has 1 saturated heterocycles. The van der Waals surface area contributed by atoms with Crippen molar-refractivity contribution in [1.29, 1.82) is 0 Å². The van der Waals surface area contributed by atoms with Crippen molar-refractivity contribution in [3.05, 3.63) is 57.6 Å². The lowest BCUT2D eigenvalue weighted by Crippen LogP contribution is -2.54. The first-order valence-electron chi connectivity index (χ1n) is 7.56. The number of imide groups is 2. The number of phenols is 1. The fraction of sp³-hybridized carbons (Fsp3) is 0.0556. The highest BCUT2D eigenvalue weighted by Gasteiger charge is 2.37. The summed E-state index contributed by atoms with van der Waals surface area (Å²) in [4.78, 5) is 38.0. The van der Waals surface area contributed by atoms with Crippen LogP contribution in [0, 0.1) is 0 Å². The molecule has 1 heterocycles. The molecule has 0 saturated carbocycles. The van der Waals surface area contributed by atoms with Gasteiger partial charge in [0.2, 0.25) is 0 Å². The maximum absolute atomic E-state index is 12.8. The molecule has 27 heavy (non-hydrogen) atoms. The van der Waals surface area contributed by atoms with Crippen LogP contribution in [-0.4, -0.2) is 30.1 Å². The highest BCUT2D eigenvalue weighted by Crippen LogP contribution is 2.36. The van der Waals surface area contributed by atoms with Gasteiger partial charge in [0.1, 0.15) is 5.57 Å². The van der Waals surface area contributed by atoms with E-state index in [0.717, 1.165) is 4.90 Å². The van der Waals surface area contributed by atoms with E-state index in [0.29, 0.717) is 5.56 Å². The third-order valence-electron chi connectivity index (χ3n) is 3.78. The second kappa shape index (κ2) is 7.30. The molecule has 4 amide bonds. The molecule has 138 valence electrons. The van der Waals surface area contributed by atoms with Crippen LogP contribution < -0.4 is 15.0 Å². The van der Waals surface area contributed by atoms with E-state index in [1.54, 1.807) is 12.1 Å². The number of methoxy groups -OCH3 is 1. The van der Waals surface area contributed by atoms with Gasteiger partial charge in [-0.05, 0) is 35.9 Å². The molecule has 1 fully saturated rings. The summed E-state index contributed by atoms with van der Waals surface area (Å²) in [6.45, 7) is 0. The van der Waals surface area contributed by atoms with Crippen molar-refractivity contribution in [2.45, 2.75) is 0 Å². The van der Waals surface area contributed by atoms with Gasteiger partial charge >= 0.3 is 6.03 Å². The number of para-hydroxylation sites is 1. The van der Waals surface area contributed by atoms with Gasteiger partial charge in [-0.3, -0.25) is 14.9 Å². The van der Waals surface area contributed by atoms with Crippen LogP contribution in [0.3, 0.4) is 0 Å². The van der Waals surface area contributed by atoms with Gasteiger partial charge in [0.25, 0.3) is 11.8 Å². The Kier molecular flexibility index (Phi) is 5.07. The molecule has 2 N–H and O–H groups in total. The number of anilines is 1. The van der Waals surface area contributed by atoms with Gasteiger partial charge in [-0.15, -0.1) is 0 Å². The average Bonchev–Trinajstić information content (AvgIpc) is 2.62. The molecule has 0 spiro atoms. The van der Waals surface area contributed by atoms with Gasteiger partial charge in [-0.1, -0.05) is 35.3 Å². The first kappa shape index (κ1) is 18.8. The molecular weight excluding hydrogens is 395 g/mol. The lowest BCUT2D eigenvalue weighted by atomic mass is 10.1. The van der Waals surface area contributed by atoms with Crippen LogP contribution in [0.2, 0.25) is 10.0 Å². The molecule has 2 aromatic rings. The van der Waals surface area contributed by atoms with Crippen molar-refractivity contribution in [2.75, 3.05) is 12.0 Å². The van der Waals surface area contributed by atoms with Crippen LogP contribution in [0.15, 0.2) is 42.0 Å². The van der Waals surface area contributed by atoms with Crippen LogP contribution >= 0.6 is 23.2 Å². The van der Waals surface area contributed by atoms with Crippen LogP contribution in [0.25, 0.3) is 6.08 Å². The average molecular weight is 407 g/mol. The number of carbonyl (C=O) groups excluding carboxylic acids is 3. The Morgan fingerprint density at radius 2 is 1.81 bits per heavy atom. The first-order valence-corrected chi connectivity index (χ1v) is 8.31. The van der Waals surface area contributed by atoms with Crippen molar-refractivity contribution >= 4 is 52.8 Å². The summed E-state index contributed by atoms with van der Waals surface area (Å²) in [5.41, 5.74) is 0.154. The van der Waals surface area contributed by atoms with E-state index in [1.807, 2.05) is 0 Å². The molecule has 0 aromatic heterocycles. The third kappa shape index (κ3) is 3.47. The number of hydrogen-bond acceptors (Lipinski definition) is 5. The van der Waals surface area contributed by atoms with Crippen molar-refractivity contribution in [3.8, 4) is 11.5 Å². The number of hydrogen-bond donors (Lipinski definition) is 2. The van der Waals surface area contributed by atoms with Gasteiger partial charge < -0.3 is 9.84 Å². The minimum atomic E-state index is -0.906. The number of rotatable bonds is 3. The Labute approximate surface area is 163 Å². The zero-order valence-electron chi connectivity index (χ0n) is 13.8. The second-order valence-corrected chi connectivity index (χ2v) is 6.28. The quantitative estimate of drug-likeness (QED) is 0.601. The van der Waals surface area contributed by atoms with E-state index in [2.05, 4.69) is 5.32 Å². The summed E-state index contributed by atoms with van der Waals surface area (Å²) < 4.78 is 5.00. The Hall–Kier alpha value is -3.03. The molecule has 2 aromatic carbocycles. The Morgan fingerprint density at radius 3 is 2.48 bits per heavy atom. The molecule has 0 aliphatic carbocycles. The number of carbonyl (C=O) groups is 3. The fourth-order valence-corrected chi connectivity index (χ4v) is 2.95. The minimum absolute atomic E-state index is 0.0242. The van der Waals surface area contributed by atoms with E-state index in [-0.39, 0.29) is 32.8 Å². The number of nitrogens with one attached hydrogen (secondary N) is 1.